The van der Waals surface area contributed by atoms with E-state index in [2.05, 4.69) is 27.2 Å². The number of likely N-dealkylation sites (tertiary alicyclic amines) is 1. The summed E-state index contributed by atoms with van der Waals surface area (Å²) in [6.45, 7) is 7.39. The normalized spacial score (nSPS) is 20.3. The molecule has 2 heterocycles. The monoisotopic (exact) mass is 249 g/mol. The first-order chi connectivity index (χ1) is 8.71. The summed E-state index contributed by atoms with van der Waals surface area (Å²) in [5, 5.41) is 0. The fourth-order valence-corrected chi connectivity index (χ4v) is 2.68. The maximum atomic E-state index is 5.40. The van der Waals surface area contributed by atoms with Crippen LogP contribution < -0.4 is 11.3 Å². The third-order valence-corrected chi connectivity index (χ3v) is 3.48. The van der Waals surface area contributed by atoms with Gasteiger partial charge in [0, 0.05) is 18.3 Å². The Kier molecular flexibility index (Phi) is 4.49. The minimum absolute atomic E-state index is 0.696. The van der Waals surface area contributed by atoms with E-state index >= 15 is 0 Å². The molecule has 0 radical (unpaired) electrons. The van der Waals surface area contributed by atoms with Gasteiger partial charge in [-0.1, -0.05) is 13.3 Å². The van der Waals surface area contributed by atoms with E-state index in [-0.39, 0.29) is 0 Å². The van der Waals surface area contributed by atoms with Crippen LogP contribution in [0.15, 0.2) is 6.07 Å². The van der Waals surface area contributed by atoms with Crippen LogP contribution in [0.25, 0.3) is 0 Å². The van der Waals surface area contributed by atoms with Crippen molar-refractivity contribution in [2.75, 3.05) is 18.5 Å². The number of nitrogens with two attached hydrogens (primary N) is 1. The minimum atomic E-state index is 0.696. The molecule has 0 saturated carbocycles. The maximum Gasteiger partial charge on any atom is 0.145 e. The largest absolute Gasteiger partial charge is 0.308 e. The van der Waals surface area contributed by atoms with Crippen LogP contribution in [0.2, 0.25) is 0 Å². The average molecular weight is 249 g/mol. The van der Waals surface area contributed by atoms with Gasteiger partial charge in [-0.3, -0.25) is 4.90 Å². The molecule has 2 rings (SSSR count). The first-order valence-electron chi connectivity index (χ1n) is 6.74. The Morgan fingerprint density at radius 2 is 2.33 bits per heavy atom. The smallest absolute Gasteiger partial charge is 0.145 e. The highest BCUT2D eigenvalue weighted by atomic mass is 15.3. The van der Waals surface area contributed by atoms with Gasteiger partial charge in [-0.15, -0.1) is 0 Å². The zero-order valence-corrected chi connectivity index (χ0v) is 11.3. The predicted octanol–water partition coefficient (Wildman–Crippen LogP) is 1.69. The molecule has 100 valence electrons. The van der Waals surface area contributed by atoms with Crippen molar-refractivity contribution in [1.29, 1.82) is 0 Å². The van der Waals surface area contributed by atoms with Crippen LogP contribution in [0.4, 0.5) is 5.82 Å². The Labute approximate surface area is 109 Å². The number of hydrazine groups is 1. The molecule has 0 bridgehead atoms. The number of hydrogen-bond donors (Lipinski definition) is 2. The lowest BCUT2D eigenvalue weighted by Crippen LogP contribution is -2.22. The molecule has 0 spiro atoms. The van der Waals surface area contributed by atoms with Crippen molar-refractivity contribution in [3.63, 3.8) is 0 Å². The molecule has 5 nitrogen and oxygen atoms in total. The fraction of sp³-hybridized carbons (Fsp3) is 0.692. The van der Waals surface area contributed by atoms with E-state index in [1.54, 1.807) is 0 Å². The molecule has 1 atom stereocenters. The van der Waals surface area contributed by atoms with Crippen molar-refractivity contribution in [2.24, 2.45) is 11.8 Å². The molecule has 5 heteroatoms. The number of aromatic nitrogens is 2. The Morgan fingerprint density at radius 1 is 1.50 bits per heavy atom. The van der Waals surface area contributed by atoms with Crippen molar-refractivity contribution in [2.45, 2.75) is 39.7 Å². The third-order valence-electron chi connectivity index (χ3n) is 3.48. The van der Waals surface area contributed by atoms with Crippen LogP contribution in [0.5, 0.6) is 0 Å². The van der Waals surface area contributed by atoms with Crippen LogP contribution in [-0.4, -0.2) is 28.0 Å². The van der Waals surface area contributed by atoms with Gasteiger partial charge in [0.1, 0.15) is 11.6 Å². The van der Waals surface area contributed by atoms with Gasteiger partial charge < -0.3 is 5.43 Å². The second kappa shape index (κ2) is 6.11. The van der Waals surface area contributed by atoms with Gasteiger partial charge in [0.15, 0.2) is 0 Å². The maximum absolute atomic E-state index is 5.40. The van der Waals surface area contributed by atoms with Gasteiger partial charge in [0.2, 0.25) is 0 Å². The fourth-order valence-electron chi connectivity index (χ4n) is 2.68. The van der Waals surface area contributed by atoms with Crippen molar-refractivity contribution < 1.29 is 0 Å². The molecular weight excluding hydrogens is 226 g/mol. The molecule has 18 heavy (non-hydrogen) atoms. The highest BCUT2D eigenvalue weighted by Crippen LogP contribution is 2.22. The van der Waals surface area contributed by atoms with Crippen LogP contribution in [-0.2, 0) is 6.54 Å². The lowest BCUT2D eigenvalue weighted by atomic mass is 10.0. The lowest BCUT2D eigenvalue weighted by Gasteiger charge is -2.15. The topological polar surface area (TPSA) is 67.1 Å². The molecule has 3 N–H and O–H groups in total. The molecule has 0 aromatic carbocycles. The minimum Gasteiger partial charge on any atom is -0.308 e. The summed E-state index contributed by atoms with van der Waals surface area (Å²) < 4.78 is 0. The van der Waals surface area contributed by atoms with Gasteiger partial charge in [-0.05, 0) is 32.2 Å². The number of nitrogen functional groups attached to an aromatic ring is 1. The van der Waals surface area contributed by atoms with E-state index in [1.807, 2.05) is 13.0 Å². The standard InChI is InChI=1S/C13H23N5/c1-3-4-11-5-6-18(8-11)9-13-15-10(2)7-12(16-13)17-14/h7,11H,3-6,8-9,14H2,1-2H3,(H,15,16,17). The summed E-state index contributed by atoms with van der Waals surface area (Å²) in [6, 6.07) is 1.85. The first-order valence-corrected chi connectivity index (χ1v) is 6.74. The Balaban J connectivity index is 1.95. The van der Waals surface area contributed by atoms with Gasteiger partial charge in [0.25, 0.3) is 0 Å². The van der Waals surface area contributed by atoms with Gasteiger partial charge >= 0.3 is 0 Å². The highest BCUT2D eigenvalue weighted by molar-refractivity contribution is 5.33. The molecule has 1 aromatic rings. The lowest BCUT2D eigenvalue weighted by molar-refractivity contribution is 0.305. The Hall–Kier alpha value is -1.20. The number of nitrogens with zero attached hydrogens (tertiary/aromatic N) is 3. The second-order valence-corrected chi connectivity index (χ2v) is 5.13. The molecule has 1 aromatic heterocycles. The van der Waals surface area contributed by atoms with E-state index < -0.39 is 0 Å². The zero-order chi connectivity index (χ0) is 13.0. The van der Waals surface area contributed by atoms with Crippen LogP contribution in [0, 0.1) is 12.8 Å². The molecule has 1 unspecified atom stereocenters. The number of rotatable bonds is 5. The van der Waals surface area contributed by atoms with Crippen molar-refractivity contribution in [3.05, 3.63) is 17.6 Å². The molecular formula is C13H23N5. The molecule has 1 fully saturated rings. The summed E-state index contributed by atoms with van der Waals surface area (Å²) in [4.78, 5) is 11.3. The quantitative estimate of drug-likeness (QED) is 0.614. The predicted molar refractivity (Wildman–Crippen MR) is 72.9 cm³/mol. The van der Waals surface area contributed by atoms with Crippen molar-refractivity contribution in [1.82, 2.24) is 14.9 Å². The highest BCUT2D eigenvalue weighted by Gasteiger charge is 2.22. The van der Waals surface area contributed by atoms with Gasteiger partial charge in [-0.25, -0.2) is 15.8 Å². The molecule has 0 aliphatic carbocycles. The molecule has 1 aliphatic heterocycles. The average Bonchev–Trinajstić information content (AvgIpc) is 2.76. The van der Waals surface area contributed by atoms with Crippen LogP contribution in [0.3, 0.4) is 0 Å². The molecule has 1 aliphatic rings. The summed E-state index contributed by atoms with van der Waals surface area (Å²) in [5.41, 5.74) is 3.55. The summed E-state index contributed by atoms with van der Waals surface area (Å²) in [6.07, 6.45) is 3.92. The summed E-state index contributed by atoms with van der Waals surface area (Å²) >= 11 is 0. The summed E-state index contributed by atoms with van der Waals surface area (Å²) in [7, 11) is 0. The third kappa shape index (κ3) is 3.40. The van der Waals surface area contributed by atoms with E-state index in [9.17, 15) is 0 Å². The van der Waals surface area contributed by atoms with Gasteiger partial charge in [0.05, 0.1) is 6.54 Å². The number of anilines is 1. The van der Waals surface area contributed by atoms with E-state index in [0.717, 1.165) is 30.5 Å². The Bertz CT molecular complexity index is 393. The van der Waals surface area contributed by atoms with Gasteiger partial charge in [-0.2, -0.15) is 0 Å². The summed E-state index contributed by atoms with van der Waals surface area (Å²) in [5.74, 6) is 7.81. The number of hydrogen-bond acceptors (Lipinski definition) is 5. The van der Waals surface area contributed by atoms with Crippen molar-refractivity contribution in [3.8, 4) is 0 Å². The first kappa shape index (κ1) is 13.2. The zero-order valence-electron chi connectivity index (χ0n) is 11.3. The van der Waals surface area contributed by atoms with Crippen molar-refractivity contribution >= 4 is 5.82 Å². The van der Waals surface area contributed by atoms with E-state index in [4.69, 9.17) is 5.84 Å². The number of aryl methyl sites for hydroxylation is 1. The molecule has 0 amide bonds. The molecule has 1 saturated heterocycles. The van der Waals surface area contributed by atoms with E-state index in [1.165, 1.54) is 25.8 Å². The SMILES string of the molecule is CCCC1CCN(Cc2nc(C)cc(NN)n2)C1. The Morgan fingerprint density at radius 3 is 3.06 bits per heavy atom. The number of nitrogens with one attached hydrogen (secondary N) is 1. The van der Waals surface area contributed by atoms with E-state index in [0.29, 0.717) is 5.82 Å². The second-order valence-electron chi connectivity index (χ2n) is 5.13. The van der Waals surface area contributed by atoms with Crippen LogP contribution in [0.1, 0.15) is 37.7 Å². The van der Waals surface area contributed by atoms with Crippen LogP contribution >= 0.6 is 0 Å².